The largest absolute Gasteiger partial charge is 0.480 e. The lowest BCUT2D eigenvalue weighted by atomic mass is 10.4. The summed E-state index contributed by atoms with van der Waals surface area (Å²) in [7, 11) is 1.58. The van der Waals surface area contributed by atoms with E-state index in [-0.39, 0.29) is 24.7 Å². The number of hydrogen-bond acceptors (Lipinski definition) is 4. The van der Waals surface area contributed by atoms with E-state index in [4.69, 9.17) is 16.3 Å². The molecule has 6 heteroatoms. The molecule has 0 aromatic heterocycles. The molecule has 1 amide bonds. The summed E-state index contributed by atoms with van der Waals surface area (Å²) in [5.41, 5.74) is 0. The van der Waals surface area contributed by atoms with E-state index in [0.717, 1.165) is 4.90 Å². The summed E-state index contributed by atoms with van der Waals surface area (Å²) in [6, 6.07) is 0. The first kappa shape index (κ1) is 14.8. The summed E-state index contributed by atoms with van der Waals surface area (Å²) in [5.74, 6) is 1.85. The van der Waals surface area contributed by atoms with Gasteiger partial charge in [0.2, 0.25) is 5.91 Å². The Balaban J connectivity index is 3.97. The van der Waals surface area contributed by atoms with Crippen molar-refractivity contribution >= 4 is 23.6 Å². The number of aliphatic carboxylic acids is 1. The smallest absolute Gasteiger partial charge is 0.323 e. The van der Waals surface area contributed by atoms with Crippen molar-refractivity contribution in [1.29, 1.82) is 0 Å². The molecule has 0 spiro atoms. The van der Waals surface area contributed by atoms with Crippen LogP contribution in [0.5, 0.6) is 0 Å². The van der Waals surface area contributed by atoms with Crippen molar-refractivity contribution < 1.29 is 19.4 Å². The van der Waals surface area contributed by atoms with Gasteiger partial charge in [0.15, 0.2) is 0 Å². The molecule has 0 unspecified atom stereocenters. The Hall–Kier alpha value is -1.19. The summed E-state index contributed by atoms with van der Waals surface area (Å²) in [6.07, 6.45) is 5.06. The van der Waals surface area contributed by atoms with Crippen molar-refractivity contribution in [2.75, 3.05) is 38.3 Å². The van der Waals surface area contributed by atoms with Crippen LogP contribution in [0.25, 0.3) is 0 Å². The van der Waals surface area contributed by atoms with Crippen molar-refractivity contribution in [2.24, 2.45) is 0 Å². The van der Waals surface area contributed by atoms with Crippen LogP contribution in [0.15, 0.2) is 0 Å². The zero-order chi connectivity index (χ0) is 12.4. The number of terminal acetylenes is 1. The zero-order valence-electron chi connectivity index (χ0n) is 9.14. The SMILES string of the molecule is C#CCN(CC(=O)O)C(=O)CSCCOC. The summed E-state index contributed by atoms with van der Waals surface area (Å²) >= 11 is 1.39. The predicted octanol–water partition coefficient (Wildman–Crippen LogP) is -0.0876. The number of thioether (sulfide) groups is 1. The number of hydrogen-bond donors (Lipinski definition) is 1. The highest BCUT2D eigenvalue weighted by molar-refractivity contribution is 7.99. The molecule has 0 aliphatic rings. The van der Waals surface area contributed by atoms with Crippen LogP contribution in [0.1, 0.15) is 0 Å². The number of methoxy groups -OCH3 is 1. The van der Waals surface area contributed by atoms with Gasteiger partial charge >= 0.3 is 5.97 Å². The third kappa shape index (κ3) is 7.15. The molecule has 0 radical (unpaired) electrons. The van der Waals surface area contributed by atoms with Gasteiger partial charge in [0.1, 0.15) is 6.54 Å². The van der Waals surface area contributed by atoms with Crippen LogP contribution < -0.4 is 0 Å². The minimum absolute atomic E-state index is 0.0238. The average Bonchev–Trinajstić information content (AvgIpc) is 2.23. The summed E-state index contributed by atoms with van der Waals surface area (Å²) in [6.45, 7) is 0.232. The number of ether oxygens (including phenoxy) is 1. The van der Waals surface area contributed by atoms with Crippen molar-refractivity contribution in [1.82, 2.24) is 4.90 Å². The van der Waals surface area contributed by atoms with Gasteiger partial charge in [0.25, 0.3) is 0 Å². The lowest BCUT2D eigenvalue weighted by molar-refractivity contribution is -0.143. The first-order chi connectivity index (χ1) is 7.61. The minimum atomic E-state index is -1.06. The van der Waals surface area contributed by atoms with E-state index in [9.17, 15) is 9.59 Å². The molecule has 0 fully saturated rings. The molecule has 16 heavy (non-hydrogen) atoms. The Morgan fingerprint density at radius 2 is 2.25 bits per heavy atom. The Bertz CT molecular complexity index is 274. The van der Waals surface area contributed by atoms with Gasteiger partial charge in [-0.1, -0.05) is 5.92 Å². The van der Waals surface area contributed by atoms with Gasteiger partial charge in [-0.3, -0.25) is 9.59 Å². The summed E-state index contributed by atoms with van der Waals surface area (Å²) in [4.78, 5) is 23.2. The van der Waals surface area contributed by atoms with Crippen LogP contribution in [-0.4, -0.2) is 60.2 Å². The second kappa shape index (κ2) is 9.07. The third-order valence-corrected chi connectivity index (χ3v) is 2.52. The van der Waals surface area contributed by atoms with Gasteiger partial charge < -0.3 is 14.7 Å². The number of amides is 1. The Kier molecular flexibility index (Phi) is 8.39. The van der Waals surface area contributed by atoms with E-state index in [1.807, 2.05) is 0 Å². The van der Waals surface area contributed by atoms with Crippen molar-refractivity contribution in [3.05, 3.63) is 0 Å². The molecule has 5 nitrogen and oxygen atoms in total. The quantitative estimate of drug-likeness (QED) is 0.478. The van der Waals surface area contributed by atoms with Gasteiger partial charge in [-0.05, 0) is 0 Å². The number of rotatable bonds is 8. The molecule has 0 heterocycles. The van der Waals surface area contributed by atoms with Crippen molar-refractivity contribution in [3.63, 3.8) is 0 Å². The fourth-order valence-electron chi connectivity index (χ4n) is 0.899. The van der Waals surface area contributed by atoms with Crippen molar-refractivity contribution in [3.8, 4) is 12.3 Å². The molecule has 0 aromatic carbocycles. The molecule has 0 saturated heterocycles. The number of carbonyl (C=O) groups is 2. The summed E-state index contributed by atoms with van der Waals surface area (Å²) in [5, 5.41) is 8.58. The molecular formula is C10H15NO4S. The molecular weight excluding hydrogens is 230 g/mol. The molecule has 0 aromatic rings. The van der Waals surface area contributed by atoms with E-state index >= 15 is 0 Å². The van der Waals surface area contributed by atoms with Crippen molar-refractivity contribution in [2.45, 2.75) is 0 Å². The first-order valence-corrected chi connectivity index (χ1v) is 5.77. The van der Waals surface area contributed by atoms with Gasteiger partial charge in [-0.25, -0.2) is 0 Å². The molecule has 0 aliphatic heterocycles. The maximum Gasteiger partial charge on any atom is 0.323 e. The highest BCUT2D eigenvalue weighted by Crippen LogP contribution is 2.02. The fourth-order valence-corrected chi connectivity index (χ4v) is 1.68. The maximum atomic E-state index is 11.5. The lowest BCUT2D eigenvalue weighted by Gasteiger charge is -2.17. The topological polar surface area (TPSA) is 66.8 Å². The van der Waals surface area contributed by atoms with Gasteiger partial charge in [0, 0.05) is 12.9 Å². The fraction of sp³-hybridized carbons (Fsp3) is 0.600. The number of carboxylic acids is 1. The van der Waals surface area contributed by atoms with Crippen LogP contribution in [0.2, 0.25) is 0 Å². The number of nitrogens with zero attached hydrogens (tertiary/aromatic N) is 1. The number of carbonyl (C=O) groups excluding carboxylic acids is 1. The van der Waals surface area contributed by atoms with Crippen LogP contribution in [-0.2, 0) is 14.3 Å². The Morgan fingerprint density at radius 3 is 2.75 bits per heavy atom. The van der Waals surface area contributed by atoms with Crippen LogP contribution in [0.4, 0.5) is 0 Å². The Labute approximate surface area is 99.1 Å². The summed E-state index contributed by atoms with van der Waals surface area (Å²) < 4.78 is 4.82. The van der Waals surface area contributed by atoms with E-state index < -0.39 is 5.97 Å². The van der Waals surface area contributed by atoms with E-state index in [0.29, 0.717) is 12.4 Å². The molecule has 0 saturated carbocycles. The van der Waals surface area contributed by atoms with Crippen LogP contribution in [0, 0.1) is 12.3 Å². The second-order valence-electron chi connectivity index (χ2n) is 2.89. The highest BCUT2D eigenvalue weighted by Gasteiger charge is 2.15. The second-order valence-corrected chi connectivity index (χ2v) is 4.00. The molecule has 90 valence electrons. The molecule has 0 bridgehead atoms. The minimum Gasteiger partial charge on any atom is -0.480 e. The molecule has 0 rings (SSSR count). The van der Waals surface area contributed by atoms with Gasteiger partial charge in [0.05, 0.1) is 18.9 Å². The van der Waals surface area contributed by atoms with Crippen LogP contribution >= 0.6 is 11.8 Å². The normalized spacial score (nSPS) is 9.50. The Morgan fingerprint density at radius 1 is 1.56 bits per heavy atom. The number of carboxylic acid groups (broad SMARTS) is 1. The van der Waals surface area contributed by atoms with Gasteiger partial charge in [-0.2, -0.15) is 0 Å². The highest BCUT2D eigenvalue weighted by atomic mass is 32.2. The first-order valence-electron chi connectivity index (χ1n) is 4.61. The molecule has 0 aliphatic carbocycles. The zero-order valence-corrected chi connectivity index (χ0v) is 9.96. The van der Waals surface area contributed by atoms with Crippen LogP contribution in [0.3, 0.4) is 0 Å². The average molecular weight is 245 g/mol. The lowest BCUT2D eigenvalue weighted by Crippen LogP contribution is -2.37. The third-order valence-electron chi connectivity index (χ3n) is 1.62. The van der Waals surface area contributed by atoms with E-state index in [1.165, 1.54) is 11.8 Å². The van der Waals surface area contributed by atoms with E-state index in [2.05, 4.69) is 5.92 Å². The predicted molar refractivity (Wildman–Crippen MR) is 62.2 cm³/mol. The monoisotopic (exact) mass is 245 g/mol. The standard InChI is InChI=1S/C10H15NO4S/c1-3-4-11(7-10(13)14)9(12)8-16-6-5-15-2/h1H,4-8H2,2H3,(H,13,14). The molecule has 0 atom stereocenters. The van der Waals surface area contributed by atoms with Gasteiger partial charge in [-0.15, -0.1) is 18.2 Å². The maximum absolute atomic E-state index is 11.5. The van der Waals surface area contributed by atoms with E-state index in [1.54, 1.807) is 7.11 Å². The molecule has 1 N–H and O–H groups in total.